The Labute approximate surface area is 250 Å². The van der Waals surface area contributed by atoms with Crippen molar-refractivity contribution < 1.29 is 9.18 Å². The van der Waals surface area contributed by atoms with Crippen LogP contribution in [0.4, 0.5) is 15.9 Å². The van der Waals surface area contributed by atoms with E-state index in [0.717, 1.165) is 31.2 Å². The summed E-state index contributed by atoms with van der Waals surface area (Å²) in [5.74, 6) is 0.515. The molecule has 0 radical (unpaired) electrons. The normalized spacial score (nSPS) is 17.8. The number of aryl methyl sites for hydroxylation is 1. The minimum absolute atomic E-state index is 0.154. The molecule has 0 aliphatic carbocycles. The first-order valence-electron chi connectivity index (χ1n) is 14.3. The van der Waals surface area contributed by atoms with Crippen LogP contribution in [0.25, 0.3) is 11.7 Å². The number of carbonyl (C=O) groups excluding carboxylic acids is 1. The predicted molar refractivity (Wildman–Crippen MR) is 170 cm³/mol. The molecule has 0 bridgehead atoms. The molecule has 2 aromatic heterocycles. The lowest BCUT2D eigenvalue weighted by Crippen LogP contribution is -2.47. The van der Waals surface area contributed by atoms with Crippen LogP contribution in [0.3, 0.4) is 0 Å². The zero-order chi connectivity index (χ0) is 29.1. The van der Waals surface area contributed by atoms with Crippen LogP contribution in [0.2, 0.25) is 0 Å². The zero-order valence-corrected chi connectivity index (χ0v) is 25.4. The maximum absolute atomic E-state index is 14.4. The Morgan fingerprint density at radius 2 is 1.80 bits per heavy atom. The summed E-state index contributed by atoms with van der Waals surface area (Å²) in [5.41, 5.74) is 2.18. The summed E-state index contributed by atoms with van der Waals surface area (Å²) in [4.78, 5) is 38.6. The van der Waals surface area contributed by atoms with E-state index in [0.29, 0.717) is 70.6 Å². The van der Waals surface area contributed by atoms with Gasteiger partial charge >= 0.3 is 0 Å². The molecule has 1 atom stereocenters. The number of anilines is 2. The first-order valence-corrected chi connectivity index (χ1v) is 15.6. The Morgan fingerprint density at radius 1 is 1.07 bits per heavy atom. The zero-order valence-electron chi connectivity index (χ0n) is 23.8. The highest BCUT2D eigenvalue weighted by atomic mass is 32.2. The fraction of sp³-hybridized carbons (Fsp3) is 0.419. The number of thioether (sulfide) groups is 1. The van der Waals surface area contributed by atoms with Crippen LogP contribution in [0.15, 0.2) is 52.3 Å². The highest BCUT2D eigenvalue weighted by Gasteiger charge is 2.34. The smallest absolute Gasteiger partial charge is 0.267 e. The largest absolute Gasteiger partial charge is 0.366 e. The molecule has 1 unspecified atom stereocenters. The number of unbranched alkanes of at least 4 members (excludes halogenated alkanes) is 1. The van der Waals surface area contributed by atoms with Gasteiger partial charge in [0.05, 0.1) is 16.2 Å². The van der Waals surface area contributed by atoms with Gasteiger partial charge in [-0.15, -0.1) is 0 Å². The minimum atomic E-state index is -0.249. The second-order valence-electron chi connectivity index (χ2n) is 10.7. The second kappa shape index (κ2) is 12.7. The lowest BCUT2D eigenvalue weighted by molar-refractivity contribution is -0.122. The molecule has 4 heterocycles. The van der Waals surface area contributed by atoms with E-state index in [4.69, 9.17) is 17.2 Å². The minimum Gasteiger partial charge on any atom is -0.366 e. The van der Waals surface area contributed by atoms with Crippen LogP contribution in [-0.4, -0.2) is 57.2 Å². The number of pyridine rings is 1. The van der Waals surface area contributed by atoms with Crippen LogP contribution < -0.4 is 15.4 Å². The molecule has 2 aliphatic heterocycles. The van der Waals surface area contributed by atoms with Gasteiger partial charge in [-0.25, -0.2) is 9.37 Å². The van der Waals surface area contributed by atoms with Crippen molar-refractivity contribution in [1.29, 1.82) is 0 Å². The highest BCUT2D eigenvalue weighted by molar-refractivity contribution is 8.26. The fourth-order valence-corrected chi connectivity index (χ4v) is 6.70. The molecule has 0 saturated carbocycles. The quantitative estimate of drug-likeness (QED) is 0.227. The molecule has 2 saturated heterocycles. The van der Waals surface area contributed by atoms with E-state index >= 15 is 0 Å². The van der Waals surface area contributed by atoms with Gasteiger partial charge in [0.1, 0.15) is 21.6 Å². The van der Waals surface area contributed by atoms with E-state index in [2.05, 4.69) is 18.7 Å². The van der Waals surface area contributed by atoms with Gasteiger partial charge in [0.2, 0.25) is 0 Å². The lowest BCUT2D eigenvalue weighted by atomic mass is 9.99. The molecule has 216 valence electrons. The number of hydrogen-bond acceptors (Lipinski definition) is 7. The van der Waals surface area contributed by atoms with Crippen molar-refractivity contribution in [3.8, 4) is 0 Å². The number of amides is 1. The van der Waals surface area contributed by atoms with Crippen LogP contribution in [0.1, 0.15) is 50.7 Å². The van der Waals surface area contributed by atoms with E-state index < -0.39 is 0 Å². The number of nitrogens with zero attached hydrogens (tertiary/aromatic N) is 5. The van der Waals surface area contributed by atoms with Crippen molar-refractivity contribution in [3.05, 3.63) is 74.8 Å². The molecule has 1 aromatic carbocycles. The molecule has 3 aromatic rings. The number of piperazine rings is 1. The average Bonchev–Trinajstić information content (AvgIpc) is 3.24. The van der Waals surface area contributed by atoms with Crippen molar-refractivity contribution in [2.45, 2.75) is 46.5 Å². The third-order valence-corrected chi connectivity index (χ3v) is 9.27. The van der Waals surface area contributed by atoms with Gasteiger partial charge in [-0.2, -0.15) is 0 Å². The standard InChI is InChI=1S/C31H36FN5O2S2/c1-4-6-9-22(5-2)20-37-30(39)26(41-31(37)40)18-23-28(33-27-13-12-21(3)19-36(27)29(23)38)35-16-14-34(15-17-35)25-11-8-7-10-24(25)32/h7-8,10-13,18-19,22H,4-6,9,14-17,20H2,1-3H3/b26-18+. The number of halogens is 1. The topological polar surface area (TPSA) is 61.2 Å². The molecular formula is C31H36FN5O2S2. The summed E-state index contributed by atoms with van der Waals surface area (Å²) in [7, 11) is 0. The average molecular weight is 594 g/mol. The molecular weight excluding hydrogens is 558 g/mol. The molecule has 41 heavy (non-hydrogen) atoms. The Balaban J connectivity index is 1.48. The van der Waals surface area contributed by atoms with Gasteiger partial charge in [-0.3, -0.25) is 18.9 Å². The predicted octanol–water partition coefficient (Wildman–Crippen LogP) is 5.89. The number of fused-ring (bicyclic) bond motifs is 1. The second-order valence-corrected chi connectivity index (χ2v) is 12.4. The van der Waals surface area contributed by atoms with E-state index in [1.165, 1.54) is 17.8 Å². The number of thiocarbonyl (C=S) groups is 1. The van der Waals surface area contributed by atoms with Crippen molar-refractivity contribution in [1.82, 2.24) is 14.3 Å². The van der Waals surface area contributed by atoms with Gasteiger partial charge < -0.3 is 9.80 Å². The van der Waals surface area contributed by atoms with E-state index in [9.17, 15) is 14.0 Å². The van der Waals surface area contributed by atoms with Crippen LogP contribution in [-0.2, 0) is 4.79 Å². The van der Waals surface area contributed by atoms with Crippen molar-refractivity contribution in [3.63, 3.8) is 0 Å². The first kappa shape index (κ1) is 29.3. The number of hydrogen-bond donors (Lipinski definition) is 0. The van der Waals surface area contributed by atoms with Crippen molar-refractivity contribution in [2.24, 2.45) is 5.92 Å². The maximum Gasteiger partial charge on any atom is 0.267 e. The van der Waals surface area contributed by atoms with Crippen LogP contribution in [0, 0.1) is 18.7 Å². The van der Waals surface area contributed by atoms with Gasteiger partial charge in [0, 0.05) is 38.9 Å². The summed E-state index contributed by atoms with van der Waals surface area (Å²) in [5, 5.41) is 0. The summed E-state index contributed by atoms with van der Waals surface area (Å²) >= 11 is 6.88. The summed E-state index contributed by atoms with van der Waals surface area (Å²) in [6.45, 7) is 9.11. The lowest BCUT2D eigenvalue weighted by Gasteiger charge is -2.37. The first-order chi connectivity index (χ1) is 19.8. The Hall–Kier alpha value is -3.24. The number of carbonyl (C=O) groups is 1. The molecule has 10 heteroatoms. The molecule has 2 fully saturated rings. The Morgan fingerprint density at radius 3 is 2.51 bits per heavy atom. The van der Waals surface area contributed by atoms with Crippen molar-refractivity contribution >= 4 is 57.4 Å². The summed E-state index contributed by atoms with van der Waals surface area (Å²) in [6.07, 6.45) is 7.72. The molecule has 7 nitrogen and oxygen atoms in total. The third kappa shape index (κ3) is 6.18. The SMILES string of the molecule is CCCCC(CC)CN1C(=O)/C(=C\c2c(N3CCN(c4ccccc4F)CC3)nc3ccc(C)cn3c2=O)SC1=S. The maximum atomic E-state index is 14.4. The number of para-hydroxylation sites is 1. The molecule has 0 spiro atoms. The Bertz CT molecular complexity index is 1550. The monoisotopic (exact) mass is 593 g/mol. The molecule has 0 N–H and O–H groups in total. The number of benzene rings is 1. The van der Waals surface area contributed by atoms with Gasteiger partial charge in [0.25, 0.3) is 11.5 Å². The van der Waals surface area contributed by atoms with Crippen molar-refractivity contribution in [2.75, 3.05) is 42.5 Å². The van der Waals surface area contributed by atoms with Gasteiger partial charge in [-0.05, 0) is 49.1 Å². The number of rotatable bonds is 9. The van der Waals surface area contributed by atoms with E-state index in [1.54, 1.807) is 33.7 Å². The van der Waals surface area contributed by atoms with Crippen LogP contribution >= 0.6 is 24.0 Å². The van der Waals surface area contributed by atoms with E-state index in [-0.39, 0.29) is 17.3 Å². The molecule has 5 rings (SSSR count). The highest BCUT2D eigenvalue weighted by Crippen LogP contribution is 2.35. The molecule has 1 amide bonds. The molecule has 2 aliphatic rings. The van der Waals surface area contributed by atoms with Gasteiger partial charge in [-0.1, -0.05) is 75.3 Å². The fourth-order valence-electron chi connectivity index (χ4n) is 5.45. The number of aromatic nitrogens is 2. The summed E-state index contributed by atoms with van der Waals surface area (Å²) in [6, 6.07) is 10.5. The van der Waals surface area contributed by atoms with E-state index in [1.807, 2.05) is 30.0 Å². The third-order valence-electron chi connectivity index (χ3n) is 7.89. The van der Waals surface area contributed by atoms with Crippen LogP contribution in [0.5, 0.6) is 0 Å². The summed E-state index contributed by atoms with van der Waals surface area (Å²) < 4.78 is 16.5. The van der Waals surface area contributed by atoms with Gasteiger partial charge in [0.15, 0.2) is 0 Å². The Kier molecular flexibility index (Phi) is 9.09.